The number of benzene rings is 8. The van der Waals surface area contributed by atoms with E-state index in [2.05, 4.69) is 170 Å². The fraction of sp³-hybridized carbons (Fsp3) is 0. The first-order chi connectivity index (χ1) is 25.2. The third-order valence-electron chi connectivity index (χ3n) is 10.3. The van der Waals surface area contributed by atoms with Gasteiger partial charge in [0.2, 0.25) is 0 Å². The van der Waals surface area contributed by atoms with Crippen LogP contribution in [0.1, 0.15) is 0 Å². The van der Waals surface area contributed by atoms with Crippen molar-refractivity contribution in [3.05, 3.63) is 170 Å². The molecule has 11 rings (SSSR count). The van der Waals surface area contributed by atoms with Gasteiger partial charge in [0.05, 0.1) is 0 Å². The molecule has 3 heteroatoms. The molecular weight excluding hydrogens is 657 g/mol. The molecule has 0 N–H and O–H groups in total. The normalized spacial score (nSPS) is 11.9. The van der Waals surface area contributed by atoms with Gasteiger partial charge in [-0.1, -0.05) is 97.1 Å². The average molecular weight is 685 g/mol. The number of fused-ring (bicyclic) bond motifs is 9. The molecule has 1 nitrogen and oxygen atoms in total. The van der Waals surface area contributed by atoms with Crippen LogP contribution in [0.4, 0.5) is 0 Å². The maximum absolute atomic E-state index is 6.36. The first kappa shape index (κ1) is 28.8. The molecule has 0 amide bonds. The van der Waals surface area contributed by atoms with E-state index in [0.29, 0.717) is 0 Å². The van der Waals surface area contributed by atoms with E-state index in [1.165, 1.54) is 84.9 Å². The van der Waals surface area contributed by atoms with Gasteiger partial charge in [0.25, 0.3) is 0 Å². The van der Waals surface area contributed by atoms with Crippen LogP contribution in [0.5, 0.6) is 0 Å². The van der Waals surface area contributed by atoms with Crippen molar-refractivity contribution < 1.29 is 4.42 Å². The van der Waals surface area contributed by atoms with E-state index in [0.717, 1.165) is 21.9 Å². The molecule has 11 aromatic rings. The van der Waals surface area contributed by atoms with Crippen LogP contribution in [0.2, 0.25) is 0 Å². The highest BCUT2D eigenvalue weighted by Gasteiger charge is 2.13. The highest BCUT2D eigenvalue weighted by atomic mass is 32.1. The molecule has 0 unspecified atom stereocenters. The lowest BCUT2D eigenvalue weighted by Crippen LogP contribution is -1.83. The Hall–Kier alpha value is -6.00. The summed E-state index contributed by atoms with van der Waals surface area (Å²) >= 11 is 3.72. The van der Waals surface area contributed by atoms with Crippen LogP contribution >= 0.6 is 22.7 Å². The molecule has 3 aromatic heterocycles. The number of furan rings is 1. The van der Waals surface area contributed by atoms with Crippen LogP contribution in [-0.4, -0.2) is 0 Å². The lowest BCUT2D eigenvalue weighted by molar-refractivity contribution is 0.669. The van der Waals surface area contributed by atoms with Crippen LogP contribution in [0.15, 0.2) is 174 Å². The molecule has 51 heavy (non-hydrogen) atoms. The van der Waals surface area contributed by atoms with Crippen molar-refractivity contribution in [1.82, 2.24) is 0 Å². The Morgan fingerprint density at radius 2 is 0.608 bits per heavy atom. The van der Waals surface area contributed by atoms with E-state index >= 15 is 0 Å². The molecular formula is C48H28OS2. The molecule has 0 fully saturated rings. The first-order valence-corrected chi connectivity index (χ1v) is 18.9. The molecule has 0 aliphatic rings. The quantitative estimate of drug-likeness (QED) is 0.180. The lowest BCUT2D eigenvalue weighted by atomic mass is 9.96. The largest absolute Gasteiger partial charge is 0.456 e. The average Bonchev–Trinajstić information content (AvgIpc) is 3.88. The van der Waals surface area contributed by atoms with Gasteiger partial charge in [0, 0.05) is 51.1 Å². The predicted octanol–water partition coefficient (Wildman–Crippen LogP) is 15.0. The van der Waals surface area contributed by atoms with Crippen molar-refractivity contribution in [2.45, 2.75) is 0 Å². The monoisotopic (exact) mass is 684 g/mol. The smallest absolute Gasteiger partial charge is 0.135 e. The van der Waals surface area contributed by atoms with E-state index < -0.39 is 0 Å². The summed E-state index contributed by atoms with van der Waals surface area (Å²) in [5.41, 5.74) is 11.5. The minimum atomic E-state index is 0.905. The van der Waals surface area contributed by atoms with Gasteiger partial charge >= 0.3 is 0 Å². The predicted molar refractivity (Wildman–Crippen MR) is 221 cm³/mol. The fourth-order valence-corrected chi connectivity index (χ4v) is 9.88. The molecule has 0 saturated heterocycles. The summed E-state index contributed by atoms with van der Waals surface area (Å²) in [5.74, 6) is 0. The van der Waals surface area contributed by atoms with E-state index in [1.54, 1.807) is 0 Å². The summed E-state index contributed by atoms with van der Waals surface area (Å²) in [5, 5.41) is 7.56. The van der Waals surface area contributed by atoms with Crippen LogP contribution in [0.25, 0.3) is 107 Å². The van der Waals surface area contributed by atoms with E-state index in [1.807, 2.05) is 22.7 Å². The second-order valence-corrected chi connectivity index (χ2v) is 15.5. The fourth-order valence-electron chi connectivity index (χ4n) is 7.70. The van der Waals surface area contributed by atoms with Gasteiger partial charge in [-0.3, -0.25) is 0 Å². The van der Waals surface area contributed by atoms with Crippen LogP contribution in [0, 0.1) is 0 Å². The Labute approximate surface area is 302 Å². The van der Waals surface area contributed by atoms with E-state index in [9.17, 15) is 0 Å². The number of hydrogen-bond donors (Lipinski definition) is 0. The molecule has 238 valence electrons. The van der Waals surface area contributed by atoms with Gasteiger partial charge in [0.1, 0.15) is 11.2 Å². The summed E-state index contributed by atoms with van der Waals surface area (Å²) in [4.78, 5) is 0. The minimum absolute atomic E-state index is 0.905. The van der Waals surface area contributed by atoms with Gasteiger partial charge in [-0.25, -0.2) is 0 Å². The van der Waals surface area contributed by atoms with Crippen LogP contribution in [-0.2, 0) is 0 Å². The van der Waals surface area contributed by atoms with Gasteiger partial charge < -0.3 is 4.42 Å². The number of hydrogen-bond acceptors (Lipinski definition) is 3. The molecule has 3 heterocycles. The standard InChI is InChI=1S/C48H28OS2/c1-3-13-45-37(11-1)41-27-35(17-21-47(41)50-45)31-9-5-7-29(23-31)33-15-19-43-39(25-33)40-26-34(16-20-44(40)49-43)30-8-6-10-32(24-30)36-18-22-48-42(28-36)38-12-2-4-14-46(38)51-48/h1-28H. The zero-order valence-electron chi connectivity index (χ0n) is 27.4. The van der Waals surface area contributed by atoms with Crippen molar-refractivity contribution in [2.75, 3.05) is 0 Å². The zero-order valence-corrected chi connectivity index (χ0v) is 29.0. The topological polar surface area (TPSA) is 13.1 Å². The van der Waals surface area contributed by atoms with Gasteiger partial charge in [-0.05, 0) is 117 Å². The molecule has 8 aromatic carbocycles. The van der Waals surface area contributed by atoms with Gasteiger partial charge in [0.15, 0.2) is 0 Å². The Balaban J connectivity index is 0.965. The maximum atomic E-state index is 6.36. The van der Waals surface area contributed by atoms with Crippen molar-refractivity contribution in [3.8, 4) is 44.5 Å². The summed E-state index contributed by atoms with van der Waals surface area (Å²) in [6.45, 7) is 0. The molecule has 0 saturated carbocycles. The highest BCUT2D eigenvalue weighted by Crippen LogP contribution is 2.40. The molecule has 0 atom stereocenters. The Bertz CT molecular complexity index is 2940. The summed E-state index contributed by atoms with van der Waals surface area (Å²) in [6, 6.07) is 62.1. The molecule has 0 aliphatic heterocycles. The first-order valence-electron chi connectivity index (χ1n) is 17.2. The number of rotatable bonds is 4. The van der Waals surface area contributed by atoms with Crippen molar-refractivity contribution in [1.29, 1.82) is 0 Å². The van der Waals surface area contributed by atoms with Crippen molar-refractivity contribution in [2.24, 2.45) is 0 Å². The van der Waals surface area contributed by atoms with Gasteiger partial charge in [-0.2, -0.15) is 0 Å². The van der Waals surface area contributed by atoms with E-state index in [4.69, 9.17) is 4.42 Å². The third kappa shape index (κ3) is 4.74. The van der Waals surface area contributed by atoms with Crippen LogP contribution in [0.3, 0.4) is 0 Å². The van der Waals surface area contributed by atoms with Crippen molar-refractivity contribution in [3.63, 3.8) is 0 Å². The zero-order chi connectivity index (χ0) is 33.5. The van der Waals surface area contributed by atoms with Gasteiger partial charge in [-0.15, -0.1) is 22.7 Å². The summed E-state index contributed by atoms with van der Waals surface area (Å²) in [7, 11) is 0. The second-order valence-electron chi connectivity index (χ2n) is 13.3. The summed E-state index contributed by atoms with van der Waals surface area (Å²) in [6.07, 6.45) is 0. The highest BCUT2D eigenvalue weighted by molar-refractivity contribution is 7.26. The SMILES string of the molecule is c1cc(-c2ccc3oc4ccc(-c5cccc(-c6ccc7sc8ccccc8c7c6)c5)cc4c3c2)cc(-c2ccc3sc4ccccc4c3c2)c1. The third-order valence-corrected chi connectivity index (χ3v) is 12.6. The maximum Gasteiger partial charge on any atom is 0.135 e. The van der Waals surface area contributed by atoms with E-state index in [-0.39, 0.29) is 0 Å². The van der Waals surface area contributed by atoms with Crippen LogP contribution < -0.4 is 0 Å². The Kier molecular flexibility index (Phi) is 6.36. The minimum Gasteiger partial charge on any atom is -0.456 e. The molecule has 0 radical (unpaired) electrons. The Morgan fingerprint density at radius 1 is 0.255 bits per heavy atom. The second kappa shape index (κ2) is 11.3. The summed E-state index contributed by atoms with van der Waals surface area (Å²) < 4.78 is 11.7. The molecule has 0 aliphatic carbocycles. The molecule has 0 bridgehead atoms. The number of thiophene rings is 2. The lowest BCUT2D eigenvalue weighted by Gasteiger charge is -2.08. The van der Waals surface area contributed by atoms with Crippen molar-refractivity contribution >= 4 is 85.0 Å². The molecule has 0 spiro atoms. The Morgan fingerprint density at radius 3 is 1.06 bits per heavy atom.